The first-order valence-corrected chi connectivity index (χ1v) is 37.1. The Hall–Kier alpha value is -2.58. The van der Waals surface area contributed by atoms with Gasteiger partial charge in [0.25, 0.3) is 0 Å². The molecule has 84 heavy (non-hydrogen) atoms. The first-order chi connectivity index (χ1) is 41.0. The van der Waals surface area contributed by atoms with E-state index in [1.54, 1.807) is 6.08 Å². The van der Waals surface area contributed by atoms with Crippen LogP contribution in [-0.2, 0) is 18.4 Å². The Balaban J connectivity index is 4.03. The largest absolute Gasteiger partial charge is 0.472 e. The Morgan fingerprint density at radius 2 is 0.714 bits per heavy atom. The van der Waals surface area contributed by atoms with Crippen LogP contribution in [0.25, 0.3) is 0 Å². The van der Waals surface area contributed by atoms with Crippen molar-refractivity contribution in [3.8, 4) is 0 Å². The molecule has 0 aromatic heterocycles. The number of hydrogen-bond donors (Lipinski definition) is 3. The van der Waals surface area contributed by atoms with Gasteiger partial charge in [-0.05, 0) is 77.0 Å². The topological polar surface area (TPSA) is 105 Å². The number of amides is 1. The number of likely N-dealkylation sites (N-methyl/N-ethyl adjacent to an activating group) is 1. The second-order valence-electron chi connectivity index (χ2n) is 25.2. The first-order valence-electron chi connectivity index (χ1n) is 35.6. The van der Waals surface area contributed by atoms with E-state index in [0.717, 1.165) is 83.5 Å². The van der Waals surface area contributed by atoms with Crippen LogP contribution < -0.4 is 5.32 Å². The molecule has 0 rings (SSSR count). The number of unbranched alkanes of at least 4 members (excludes halogenated alkanes) is 38. The Labute approximate surface area is 521 Å². The highest BCUT2D eigenvalue weighted by Crippen LogP contribution is 2.43. The van der Waals surface area contributed by atoms with Crippen LogP contribution in [0.15, 0.2) is 97.2 Å². The second-order valence-corrected chi connectivity index (χ2v) is 26.7. The summed E-state index contributed by atoms with van der Waals surface area (Å²) in [6.07, 6.45) is 94.1. The minimum absolute atomic E-state index is 0.0601. The predicted octanol–water partition coefficient (Wildman–Crippen LogP) is 22.9. The molecule has 0 bridgehead atoms. The van der Waals surface area contributed by atoms with Gasteiger partial charge < -0.3 is 19.8 Å². The molecule has 0 aliphatic heterocycles. The van der Waals surface area contributed by atoms with Gasteiger partial charge in [-0.25, -0.2) is 4.57 Å². The number of phosphoric acid groups is 1. The summed E-state index contributed by atoms with van der Waals surface area (Å²) in [5.41, 5.74) is 0. The van der Waals surface area contributed by atoms with Gasteiger partial charge in [-0.2, -0.15) is 0 Å². The molecule has 3 N–H and O–H groups in total. The van der Waals surface area contributed by atoms with E-state index in [2.05, 4.69) is 104 Å². The molecule has 3 atom stereocenters. The van der Waals surface area contributed by atoms with Crippen molar-refractivity contribution in [3.05, 3.63) is 97.2 Å². The second kappa shape index (κ2) is 64.9. The molecule has 0 saturated carbocycles. The van der Waals surface area contributed by atoms with Gasteiger partial charge in [-0.3, -0.25) is 13.8 Å². The van der Waals surface area contributed by atoms with E-state index in [4.69, 9.17) is 9.05 Å². The summed E-state index contributed by atoms with van der Waals surface area (Å²) in [4.78, 5) is 23.4. The van der Waals surface area contributed by atoms with Gasteiger partial charge in [0.1, 0.15) is 13.2 Å². The van der Waals surface area contributed by atoms with Crippen LogP contribution in [0.3, 0.4) is 0 Å². The Morgan fingerprint density at radius 3 is 1.05 bits per heavy atom. The van der Waals surface area contributed by atoms with Gasteiger partial charge in [0.05, 0.1) is 39.9 Å². The number of nitrogens with zero attached hydrogens (tertiary/aromatic N) is 1. The number of hydrogen-bond acceptors (Lipinski definition) is 5. The quantitative estimate of drug-likeness (QED) is 0.0243. The van der Waals surface area contributed by atoms with Crippen molar-refractivity contribution in [1.29, 1.82) is 0 Å². The third kappa shape index (κ3) is 66.9. The third-order valence-corrected chi connectivity index (χ3v) is 16.8. The minimum atomic E-state index is -4.36. The molecular weight excluding hydrogens is 1060 g/mol. The van der Waals surface area contributed by atoms with Crippen LogP contribution in [-0.4, -0.2) is 73.4 Å². The zero-order valence-electron chi connectivity index (χ0n) is 55.9. The van der Waals surface area contributed by atoms with Gasteiger partial charge in [0.2, 0.25) is 5.91 Å². The summed E-state index contributed by atoms with van der Waals surface area (Å²) in [5, 5.41) is 14.0. The highest BCUT2D eigenvalue weighted by Gasteiger charge is 2.28. The highest BCUT2D eigenvalue weighted by molar-refractivity contribution is 7.47. The van der Waals surface area contributed by atoms with E-state index in [-0.39, 0.29) is 19.1 Å². The number of phosphoric ester groups is 1. The number of rotatable bonds is 65. The summed E-state index contributed by atoms with van der Waals surface area (Å²) in [6.45, 7) is 4.74. The van der Waals surface area contributed by atoms with Crippen LogP contribution in [0.2, 0.25) is 0 Å². The number of nitrogens with one attached hydrogen (secondary N) is 1. The smallest absolute Gasteiger partial charge is 0.387 e. The van der Waals surface area contributed by atoms with Gasteiger partial charge in [-0.1, -0.05) is 336 Å². The lowest BCUT2D eigenvalue weighted by Crippen LogP contribution is -2.45. The number of quaternary nitrogens is 1. The minimum Gasteiger partial charge on any atom is -0.387 e. The van der Waals surface area contributed by atoms with E-state index in [9.17, 15) is 19.4 Å². The first kappa shape index (κ1) is 81.4. The van der Waals surface area contributed by atoms with Crippen molar-refractivity contribution in [2.75, 3.05) is 40.9 Å². The van der Waals surface area contributed by atoms with E-state index in [0.29, 0.717) is 17.4 Å². The molecule has 0 saturated heterocycles. The molecule has 0 aliphatic carbocycles. The summed E-state index contributed by atoms with van der Waals surface area (Å²) in [7, 11) is 1.58. The molecule has 0 spiro atoms. The maximum absolute atomic E-state index is 13.1. The molecule has 0 aromatic rings. The molecule has 8 nitrogen and oxygen atoms in total. The van der Waals surface area contributed by atoms with Crippen LogP contribution in [0.1, 0.15) is 322 Å². The van der Waals surface area contributed by atoms with Crippen molar-refractivity contribution in [1.82, 2.24) is 5.32 Å². The molecule has 3 unspecified atom stereocenters. The number of aliphatic hydroxyl groups is 1. The van der Waals surface area contributed by atoms with Crippen molar-refractivity contribution < 1.29 is 32.9 Å². The fourth-order valence-electron chi connectivity index (χ4n) is 10.3. The molecule has 0 radical (unpaired) electrons. The number of aliphatic hydroxyl groups excluding tert-OH is 1. The maximum Gasteiger partial charge on any atom is 0.472 e. The summed E-state index contributed by atoms with van der Waals surface area (Å²) >= 11 is 0. The van der Waals surface area contributed by atoms with E-state index in [1.807, 2.05) is 27.2 Å². The normalized spacial score (nSPS) is 14.2. The van der Waals surface area contributed by atoms with E-state index < -0.39 is 20.0 Å². The van der Waals surface area contributed by atoms with Crippen molar-refractivity contribution in [2.45, 2.75) is 334 Å². The fraction of sp³-hybridized carbons (Fsp3) is 0.773. The Kier molecular flexibility index (Phi) is 62.9. The Morgan fingerprint density at radius 1 is 0.417 bits per heavy atom. The van der Waals surface area contributed by atoms with Crippen molar-refractivity contribution in [3.63, 3.8) is 0 Å². The summed E-state index contributed by atoms with van der Waals surface area (Å²) in [5.74, 6) is -0.175. The standard InChI is InChI=1S/C75H137N2O6P/c1-6-8-10-12-14-16-18-20-22-24-26-28-30-31-32-33-34-35-36-37-38-39-40-41-42-43-44-45-47-49-51-53-55-57-59-61-63-65-67-69-75(79)76-73(72-83-84(80,81)82-71-70-77(3,4)5)74(78)68-66-64-62-60-58-56-54-52-50-48-46-29-27-25-23-21-19-17-15-13-11-9-7-2/h8,10,14,16,20,22,26,28,31-32,34-35,37-38,66,68,73-74,78H,6-7,9,11-13,15,17-19,21,23-25,27,29-30,33,36,39-65,67,69-72H2,1-5H3,(H-,76,79,80,81)/p+1/b10-8-,16-14-,22-20-,28-26-,32-31-,35-34-,38-37-,68-66+. The molecular formula is C75H138N2O6P+. The number of allylic oxidation sites excluding steroid dienone is 15. The molecule has 488 valence electrons. The third-order valence-electron chi connectivity index (χ3n) is 15.8. The van der Waals surface area contributed by atoms with Gasteiger partial charge >= 0.3 is 7.82 Å². The van der Waals surface area contributed by atoms with Crippen molar-refractivity contribution in [2.24, 2.45) is 0 Å². The molecule has 1 amide bonds. The zero-order valence-corrected chi connectivity index (χ0v) is 56.8. The van der Waals surface area contributed by atoms with Crippen LogP contribution >= 0.6 is 7.82 Å². The monoisotopic (exact) mass is 1190 g/mol. The van der Waals surface area contributed by atoms with Crippen LogP contribution in [0.5, 0.6) is 0 Å². The van der Waals surface area contributed by atoms with E-state index in [1.165, 1.54) is 218 Å². The summed E-state index contributed by atoms with van der Waals surface area (Å²) < 4.78 is 23.8. The Bertz CT molecular complexity index is 1690. The lowest BCUT2D eigenvalue weighted by molar-refractivity contribution is -0.870. The fourth-order valence-corrected chi connectivity index (χ4v) is 11.1. The lowest BCUT2D eigenvalue weighted by Gasteiger charge is -2.25. The average Bonchev–Trinajstić information content (AvgIpc) is 3.56. The SMILES string of the molecule is CC/C=C\C/C=C\C/C=C\C/C=C\C/C=C\C/C=C\C/C=C\CCCCCCCCCCCCCCCCCCCC(=O)NC(COP(=O)(O)OCC[N+](C)(C)C)C(O)/C=C/CCCCCCCCCCCCCCCCCCCCCCC. The van der Waals surface area contributed by atoms with Crippen LogP contribution in [0, 0.1) is 0 Å². The number of carbonyl (C=O) groups excluding carboxylic acids is 1. The maximum atomic E-state index is 13.1. The van der Waals surface area contributed by atoms with Crippen LogP contribution in [0.4, 0.5) is 0 Å². The average molecular weight is 1190 g/mol. The summed E-state index contributed by atoms with van der Waals surface area (Å²) in [6, 6.07) is -0.851. The number of carbonyl (C=O) groups is 1. The molecule has 0 fully saturated rings. The lowest BCUT2D eigenvalue weighted by atomic mass is 10.0. The molecule has 0 aliphatic rings. The molecule has 0 aromatic carbocycles. The van der Waals surface area contributed by atoms with Gasteiger partial charge in [-0.15, -0.1) is 0 Å². The predicted molar refractivity (Wildman–Crippen MR) is 369 cm³/mol. The zero-order chi connectivity index (χ0) is 61.2. The molecule has 0 heterocycles. The molecule has 9 heteroatoms. The van der Waals surface area contributed by atoms with Crippen molar-refractivity contribution >= 4 is 13.7 Å². The van der Waals surface area contributed by atoms with Gasteiger partial charge in [0.15, 0.2) is 0 Å². The highest BCUT2D eigenvalue weighted by atomic mass is 31.2. The van der Waals surface area contributed by atoms with Gasteiger partial charge in [0, 0.05) is 6.42 Å². The van der Waals surface area contributed by atoms with E-state index >= 15 is 0 Å².